The highest BCUT2D eigenvalue weighted by molar-refractivity contribution is 9.10. The molecule has 16 heavy (non-hydrogen) atoms. The van der Waals surface area contributed by atoms with Gasteiger partial charge in [0.25, 0.3) is 0 Å². The van der Waals surface area contributed by atoms with Crippen molar-refractivity contribution in [2.45, 2.75) is 11.9 Å². The van der Waals surface area contributed by atoms with E-state index in [4.69, 9.17) is 4.74 Å². The van der Waals surface area contributed by atoms with Crippen LogP contribution in [-0.4, -0.2) is 28.5 Å². The lowest BCUT2D eigenvalue weighted by Crippen LogP contribution is -1.97. The van der Waals surface area contributed by atoms with Crippen molar-refractivity contribution in [2.75, 3.05) is 13.4 Å². The standard InChI is InChI=1S/C10H10BrN3OS/c1-5-8-6(10(16-3)14-13-5)4-7(11)9(12-8)15-2/h4H,1-3H3. The zero-order valence-corrected chi connectivity index (χ0v) is 11.5. The molecule has 84 valence electrons. The number of nitrogens with zero attached hydrogens (tertiary/aromatic N) is 3. The molecule has 2 aromatic rings. The SMILES string of the molecule is COc1nc2c(C)nnc(SC)c2cc1Br. The van der Waals surface area contributed by atoms with Gasteiger partial charge in [0, 0.05) is 5.39 Å². The molecule has 0 N–H and O–H groups in total. The minimum Gasteiger partial charge on any atom is -0.480 e. The number of fused-ring (bicyclic) bond motifs is 1. The highest BCUT2D eigenvalue weighted by Gasteiger charge is 2.11. The van der Waals surface area contributed by atoms with Gasteiger partial charge >= 0.3 is 0 Å². The summed E-state index contributed by atoms with van der Waals surface area (Å²) in [5, 5.41) is 10.1. The van der Waals surface area contributed by atoms with E-state index in [1.807, 2.05) is 19.2 Å². The Balaban J connectivity index is 2.82. The Bertz CT molecular complexity index is 547. The second-order valence-corrected chi connectivity index (χ2v) is 4.82. The number of thioether (sulfide) groups is 1. The van der Waals surface area contributed by atoms with Crippen LogP contribution >= 0.6 is 27.7 Å². The van der Waals surface area contributed by atoms with E-state index in [-0.39, 0.29) is 0 Å². The third-order valence-corrected chi connectivity index (χ3v) is 3.45. The number of rotatable bonds is 2. The second-order valence-electron chi connectivity index (χ2n) is 3.17. The maximum Gasteiger partial charge on any atom is 0.228 e. The lowest BCUT2D eigenvalue weighted by atomic mass is 10.2. The molecule has 0 aromatic carbocycles. The second kappa shape index (κ2) is 4.55. The average molecular weight is 300 g/mol. The van der Waals surface area contributed by atoms with Crippen LogP contribution < -0.4 is 4.74 Å². The van der Waals surface area contributed by atoms with Gasteiger partial charge in [-0.1, -0.05) is 0 Å². The summed E-state index contributed by atoms with van der Waals surface area (Å²) in [4.78, 5) is 4.42. The molecule has 0 bridgehead atoms. The molecule has 0 aliphatic carbocycles. The van der Waals surface area contributed by atoms with Crippen molar-refractivity contribution in [1.29, 1.82) is 0 Å². The quantitative estimate of drug-likeness (QED) is 0.798. The maximum atomic E-state index is 5.17. The minimum atomic E-state index is 0.565. The first-order valence-electron chi connectivity index (χ1n) is 4.59. The van der Waals surface area contributed by atoms with Gasteiger partial charge in [0.2, 0.25) is 5.88 Å². The summed E-state index contributed by atoms with van der Waals surface area (Å²) in [6.45, 7) is 1.89. The van der Waals surface area contributed by atoms with E-state index in [2.05, 4.69) is 31.1 Å². The number of hydrogen-bond donors (Lipinski definition) is 0. The number of hydrogen-bond acceptors (Lipinski definition) is 5. The fourth-order valence-corrected chi connectivity index (χ4v) is 2.40. The zero-order chi connectivity index (χ0) is 11.7. The van der Waals surface area contributed by atoms with E-state index in [0.29, 0.717) is 5.88 Å². The van der Waals surface area contributed by atoms with E-state index >= 15 is 0 Å². The first-order chi connectivity index (χ1) is 7.67. The van der Waals surface area contributed by atoms with Gasteiger partial charge < -0.3 is 4.74 Å². The molecule has 0 saturated heterocycles. The van der Waals surface area contributed by atoms with Gasteiger partial charge in [-0.3, -0.25) is 0 Å². The van der Waals surface area contributed by atoms with Crippen LogP contribution in [0.1, 0.15) is 5.69 Å². The third-order valence-electron chi connectivity index (χ3n) is 2.19. The Morgan fingerprint density at radius 2 is 2.12 bits per heavy atom. The fourth-order valence-electron chi connectivity index (χ4n) is 1.43. The van der Waals surface area contributed by atoms with Crippen LogP contribution in [0, 0.1) is 6.92 Å². The Kier molecular flexibility index (Phi) is 3.30. The van der Waals surface area contributed by atoms with Crippen LogP contribution in [0.25, 0.3) is 10.9 Å². The first-order valence-corrected chi connectivity index (χ1v) is 6.60. The number of pyridine rings is 1. The van der Waals surface area contributed by atoms with Gasteiger partial charge in [-0.2, -0.15) is 5.10 Å². The van der Waals surface area contributed by atoms with E-state index in [9.17, 15) is 0 Å². The monoisotopic (exact) mass is 299 g/mol. The van der Waals surface area contributed by atoms with Gasteiger partial charge in [-0.15, -0.1) is 16.9 Å². The van der Waals surface area contributed by atoms with E-state index in [1.54, 1.807) is 18.9 Å². The molecular weight excluding hydrogens is 290 g/mol. The third kappa shape index (κ3) is 1.87. The van der Waals surface area contributed by atoms with Crippen LogP contribution in [0.2, 0.25) is 0 Å². The molecule has 2 heterocycles. The molecule has 0 spiro atoms. The normalized spacial score (nSPS) is 10.8. The van der Waals surface area contributed by atoms with Crippen LogP contribution in [-0.2, 0) is 0 Å². The number of halogens is 1. The molecule has 2 aromatic heterocycles. The van der Waals surface area contributed by atoms with Crippen LogP contribution in [0.15, 0.2) is 15.6 Å². The molecular formula is C10H10BrN3OS. The molecule has 0 unspecified atom stereocenters. The predicted molar refractivity (Wildman–Crippen MR) is 68.1 cm³/mol. The minimum absolute atomic E-state index is 0.565. The number of ether oxygens (including phenoxy) is 1. The molecule has 0 aliphatic rings. The molecule has 0 atom stereocenters. The lowest BCUT2D eigenvalue weighted by molar-refractivity contribution is 0.396. The highest BCUT2D eigenvalue weighted by atomic mass is 79.9. The van der Waals surface area contributed by atoms with Gasteiger partial charge in [-0.05, 0) is 35.2 Å². The largest absolute Gasteiger partial charge is 0.480 e. The van der Waals surface area contributed by atoms with Crippen molar-refractivity contribution in [3.05, 3.63) is 16.2 Å². The van der Waals surface area contributed by atoms with Crippen LogP contribution in [0.4, 0.5) is 0 Å². The van der Waals surface area contributed by atoms with Crippen molar-refractivity contribution in [2.24, 2.45) is 0 Å². The van der Waals surface area contributed by atoms with E-state index in [1.165, 1.54) is 0 Å². The highest BCUT2D eigenvalue weighted by Crippen LogP contribution is 2.31. The van der Waals surface area contributed by atoms with Crippen molar-refractivity contribution >= 4 is 38.6 Å². The summed E-state index contributed by atoms with van der Waals surface area (Å²) >= 11 is 4.97. The average Bonchev–Trinajstić information content (AvgIpc) is 2.29. The Morgan fingerprint density at radius 3 is 2.75 bits per heavy atom. The zero-order valence-electron chi connectivity index (χ0n) is 9.11. The number of methoxy groups -OCH3 is 1. The van der Waals surface area contributed by atoms with Gasteiger partial charge in [0.1, 0.15) is 10.5 Å². The van der Waals surface area contributed by atoms with E-state index in [0.717, 1.165) is 26.1 Å². The fraction of sp³-hybridized carbons (Fsp3) is 0.300. The molecule has 0 radical (unpaired) electrons. The molecule has 4 nitrogen and oxygen atoms in total. The molecule has 0 fully saturated rings. The van der Waals surface area contributed by atoms with Crippen molar-refractivity contribution in [3.63, 3.8) is 0 Å². The lowest BCUT2D eigenvalue weighted by Gasteiger charge is -2.07. The van der Waals surface area contributed by atoms with Crippen molar-refractivity contribution < 1.29 is 4.74 Å². The Morgan fingerprint density at radius 1 is 1.38 bits per heavy atom. The van der Waals surface area contributed by atoms with Crippen molar-refractivity contribution in [1.82, 2.24) is 15.2 Å². The van der Waals surface area contributed by atoms with Crippen LogP contribution in [0.3, 0.4) is 0 Å². The summed E-state index contributed by atoms with van der Waals surface area (Å²) < 4.78 is 5.99. The summed E-state index contributed by atoms with van der Waals surface area (Å²) in [6, 6.07) is 1.97. The van der Waals surface area contributed by atoms with Gasteiger partial charge in [0.15, 0.2) is 0 Å². The molecule has 0 amide bonds. The smallest absolute Gasteiger partial charge is 0.228 e. The molecule has 6 heteroatoms. The number of aryl methyl sites for hydroxylation is 1. The maximum absolute atomic E-state index is 5.17. The molecule has 0 saturated carbocycles. The van der Waals surface area contributed by atoms with Crippen molar-refractivity contribution in [3.8, 4) is 5.88 Å². The first kappa shape index (κ1) is 11.6. The number of aromatic nitrogens is 3. The summed E-state index contributed by atoms with van der Waals surface area (Å²) in [5.41, 5.74) is 1.64. The van der Waals surface area contributed by atoms with Gasteiger partial charge in [-0.25, -0.2) is 4.98 Å². The predicted octanol–water partition coefficient (Wildman–Crippen LogP) is 2.83. The summed E-state index contributed by atoms with van der Waals surface area (Å²) in [5.74, 6) is 0.565. The molecule has 0 aliphatic heterocycles. The topological polar surface area (TPSA) is 47.9 Å². The van der Waals surface area contributed by atoms with Crippen LogP contribution in [0.5, 0.6) is 5.88 Å². The summed E-state index contributed by atoms with van der Waals surface area (Å²) in [6.07, 6.45) is 1.97. The van der Waals surface area contributed by atoms with E-state index < -0.39 is 0 Å². The Hall–Kier alpha value is -0.880. The molecule has 2 rings (SSSR count). The van der Waals surface area contributed by atoms with Gasteiger partial charge in [0.05, 0.1) is 17.3 Å². The summed E-state index contributed by atoms with van der Waals surface area (Å²) in [7, 11) is 1.60. The Labute approximate surface area is 106 Å².